The minimum atomic E-state index is -0.998. The Morgan fingerprint density at radius 2 is 1.55 bits per heavy atom. The topological polar surface area (TPSA) is 101 Å². The summed E-state index contributed by atoms with van der Waals surface area (Å²) in [6.45, 7) is 4.82. The fourth-order valence-corrected chi connectivity index (χ4v) is 2.50. The highest BCUT2D eigenvalue weighted by Gasteiger charge is 2.26. The molecule has 0 unspecified atom stereocenters. The van der Waals surface area contributed by atoms with Gasteiger partial charge in [0.25, 0.3) is 5.91 Å². The zero-order valence-corrected chi connectivity index (χ0v) is 12.6. The monoisotopic (exact) mass is 308 g/mol. The molecule has 0 radical (unpaired) electrons. The minimum absolute atomic E-state index is 0.0102. The van der Waals surface area contributed by atoms with Crippen molar-refractivity contribution in [3.8, 4) is 11.5 Å². The standard InChI is InChI=1S/C15H20N2O5/c1-9(2)10-7-11(13(19)8-12(10)18)14(20)16-3-5-17(6-4-16)15(21)22/h7-9,18-19H,3-6H2,1-2H3,(H,21,22). The van der Waals surface area contributed by atoms with Crippen LogP contribution in [-0.2, 0) is 0 Å². The van der Waals surface area contributed by atoms with Gasteiger partial charge in [0.15, 0.2) is 0 Å². The summed E-state index contributed by atoms with van der Waals surface area (Å²) in [5.74, 6) is -0.659. The molecule has 22 heavy (non-hydrogen) atoms. The molecule has 0 bridgehead atoms. The number of phenols is 2. The predicted octanol–water partition coefficient (Wildman–Crippen LogP) is 1.66. The molecule has 1 aliphatic rings. The number of hydrogen-bond donors (Lipinski definition) is 3. The van der Waals surface area contributed by atoms with E-state index < -0.39 is 6.09 Å². The molecule has 0 aliphatic carbocycles. The van der Waals surface area contributed by atoms with Gasteiger partial charge in [0.1, 0.15) is 11.5 Å². The summed E-state index contributed by atoms with van der Waals surface area (Å²) >= 11 is 0. The number of hydrogen-bond acceptors (Lipinski definition) is 4. The van der Waals surface area contributed by atoms with Crippen LogP contribution in [0.2, 0.25) is 0 Å². The number of phenolic OH excluding ortho intramolecular Hbond substituents is 2. The van der Waals surface area contributed by atoms with Crippen molar-refractivity contribution in [2.75, 3.05) is 26.2 Å². The number of carbonyl (C=O) groups is 2. The van der Waals surface area contributed by atoms with E-state index in [1.807, 2.05) is 13.8 Å². The Morgan fingerprint density at radius 1 is 1.00 bits per heavy atom. The van der Waals surface area contributed by atoms with Crippen LogP contribution >= 0.6 is 0 Å². The Labute approximate surface area is 128 Å². The lowest BCUT2D eigenvalue weighted by Gasteiger charge is -2.33. The maximum atomic E-state index is 12.5. The molecule has 2 amide bonds. The quantitative estimate of drug-likeness (QED) is 0.771. The van der Waals surface area contributed by atoms with Crippen molar-refractivity contribution < 1.29 is 24.9 Å². The molecule has 120 valence electrons. The van der Waals surface area contributed by atoms with Crippen LogP contribution in [0.1, 0.15) is 35.7 Å². The summed E-state index contributed by atoms with van der Waals surface area (Å²) < 4.78 is 0. The van der Waals surface area contributed by atoms with E-state index in [2.05, 4.69) is 0 Å². The first kappa shape index (κ1) is 15.9. The highest BCUT2D eigenvalue weighted by Crippen LogP contribution is 2.32. The SMILES string of the molecule is CC(C)c1cc(C(=O)N2CCN(C(=O)O)CC2)c(O)cc1O. The maximum Gasteiger partial charge on any atom is 0.407 e. The van der Waals surface area contributed by atoms with Crippen molar-refractivity contribution in [3.63, 3.8) is 0 Å². The highest BCUT2D eigenvalue weighted by atomic mass is 16.4. The van der Waals surface area contributed by atoms with E-state index >= 15 is 0 Å². The van der Waals surface area contributed by atoms with Gasteiger partial charge in [0.2, 0.25) is 0 Å². The lowest BCUT2D eigenvalue weighted by atomic mass is 9.98. The van der Waals surface area contributed by atoms with E-state index in [-0.39, 0.29) is 55.1 Å². The lowest BCUT2D eigenvalue weighted by molar-refractivity contribution is 0.0622. The molecule has 1 aliphatic heterocycles. The Hall–Kier alpha value is -2.44. The summed E-state index contributed by atoms with van der Waals surface area (Å²) in [4.78, 5) is 26.1. The molecule has 0 atom stereocenters. The van der Waals surface area contributed by atoms with Crippen molar-refractivity contribution >= 4 is 12.0 Å². The van der Waals surface area contributed by atoms with Crippen LogP contribution in [0.25, 0.3) is 0 Å². The largest absolute Gasteiger partial charge is 0.508 e. The second kappa shape index (κ2) is 6.13. The van der Waals surface area contributed by atoms with Crippen molar-refractivity contribution in [1.82, 2.24) is 9.80 Å². The van der Waals surface area contributed by atoms with E-state index in [9.17, 15) is 19.8 Å². The first-order valence-corrected chi connectivity index (χ1v) is 7.14. The van der Waals surface area contributed by atoms with Crippen LogP contribution in [-0.4, -0.2) is 63.3 Å². The van der Waals surface area contributed by atoms with Crippen LogP contribution in [0.15, 0.2) is 12.1 Å². The molecule has 1 heterocycles. The third-order valence-electron chi connectivity index (χ3n) is 3.83. The molecule has 0 spiro atoms. The molecular formula is C15H20N2O5. The van der Waals surface area contributed by atoms with Gasteiger partial charge in [-0.25, -0.2) is 4.79 Å². The number of rotatable bonds is 2. The zero-order valence-electron chi connectivity index (χ0n) is 12.6. The third kappa shape index (κ3) is 3.08. The van der Waals surface area contributed by atoms with Gasteiger partial charge < -0.3 is 25.1 Å². The summed E-state index contributed by atoms with van der Waals surface area (Å²) in [5, 5.41) is 28.7. The molecule has 1 aromatic carbocycles. The molecule has 1 fully saturated rings. The van der Waals surface area contributed by atoms with Gasteiger partial charge in [0.05, 0.1) is 5.56 Å². The van der Waals surface area contributed by atoms with Gasteiger partial charge in [0, 0.05) is 32.2 Å². The van der Waals surface area contributed by atoms with Crippen LogP contribution < -0.4 is 0 Å². The maximum absolute atomic E-state index is 12.5. The van der Waals surface area contributed by atoms with Gasteiger partial charge in [-0.2, -0.15) is 0 Å². The number of nitrogens with zero attached hydrogens (tertiary/aromatic N) is 2. The van der Waals surface area contributed by atoms with Gasteiger partial charge in [-0.15, -0.1) is 0 Å². The average Bonchev–Trinajstić information content (AvgIpc) is 2.46. The molecule has 1 saturated heterocycles. The normalized spacial score (nSPS) is 15.2. The molecule has 7 heteroatoms. The van der Waals surface area contributed by atoms with E-state index in [0.717, 1.165) is 0 Å². The number of amides is 2. The van der Waals surface area contributed by atoms with Crippen LogP contribution in [0.3, 0.4) is 0 Å². The number of carboxylic acid groups (broad SMARTS) is 1. The fourth-order valence-electron chi connectivity index (χ4n) is 2.50. The summed E-state index contributed by atoms with van der Waals surface area (Å²) in [6.07, 6.45) is -0.998. The highest BCUT2D eigenvalue weighted by molar-refractivity contribution is 5.97. The van der Waals surface area contributed by atoms with Crippen molar-refractivity contribution in [2.24, 2.45) is 0 Å². The lowest BCUT2D eigenvalue weighted by Crippen LogP contribution is -2.50. The van der Waals surface area contributed by atoms with Gasteiger partial charge in [-0.3, -0.25) is 4.79 Å². The molecule has 7 nitrogen and oxygen atoms in total. The predicted molar refractivity (Wildman–Crippen MR) is 79.4 cm³/mol. The zero-order chi connectivity index (χ0) is 16.4. The number of piperazine rings is 1. The average molecular weight is 308 g/mol. The molecule has 0 saturated carbocycles. The first-order valence-electron chi connectivity index (χ1n) is 7.14. The van der Waals surface area contributed by atoms with Gasteiger partial charge in [-0.05, 0) is 17.5 Å². The Morgan fingerprint density at radius 3 is 2.05 bits per heavy atom. The smallest absolute Gasteiger partial charge is 0.407 e. The van der Waals surface area contributed by atoms with E-state index in [1.54, 1.807) is 0 Å². The number of aromatic hydroxyl groups is 2. The van der Waals surface area contributed by atoms with Crippen molar-refractivity contribution in [3.05, 3.63) is 23.3 Å². The third-order valence-corrected chi connectivity index (χ3v) is 3.83. The number of benzene rings is 1. The Balaban J connectivity index is 2.20. The van der Waals surface area contributed by atoms with Crippen LogP contribution in [0, 0.1) is 0 Å². The van der Waals surface area contributed by atoms with E-state index in [0.29, 0.717) is 5.56 Å². The summed E-state index contributed by atoms with van der Waals surface area (Å²) in [7, 11) is 0. The molecule has 0 aromatic heterocycles. The molecule has 1 aromatic rings. The van der Waals surface area contributed by atoms with Gasteiger partial charge >= 0.3 is 6.09 Å². The van der Waals surface area contributed by atoms with Crippen LogP contribution in [0.5, 0.6) is 11.5 Å². The van der Waals surface area contributed by atoms with Crippen molar-refractivity contribution in [1.29, 1.82) is 0 Å². The van der Waals surface area contributed by atoms with Crippen molar-refractivity contribution in [2.45, 2.75) is 19.8 Å². The second-order valence-electron chi connectivity index (χ2n) is 5.64. The summed E-state index contributed by atoms with van der Waals surface area (Å²) in [6, 6.07) is 2.68. The summed E-state index contributed by atoms with van der Waals surface area (Å²) in [5.41, 5.74) is 0.718. The van der Waals surface area contributed by atoms with E-state index in [1.165, 1.54) is 21.9 Å². The Kier molecular flexibility index (Phi) is 4.44. The molecule has 3 N–H and O–H groups in total. The minimum Gasteiger partial charge on any atom is -0.508 e. The number of carbonyl (C=O) groups excluding carboxylic acids is 1. The van der Waals surface area contributed by atoms with Gasteiger partial charge in [-0.1, -0.05) is 13.8 Å². The first-order chi connectivity index (χ1) is 10.3. The van der Waals surface area contributed by atoms with Crippen LogP contribution in [0.4, 0.5) is 4.79 Å². The second-order valence-corrected chi connectivity index (χ2v) is 5.64. The Bertz CT molecular complexity index is 592. The fraction of sp³-hybridized carbons (Fsp3) is 0.467. The molecular weight excluding hydrogens is 288 g/mol. The molecule has 2 rings (SSSR count). The van der Waals surface area contributed by atoms with E-state index in [4.69, 9.17) is 5.11 Å².